The molecule has 0 aromatic heterocycles. The van der Waals surface area contributed by atoms with Crippen LogP contribution in [0.4, 0.5) is 5.69 Å². The molecule has 39 heavy (non-hydrogen) atoms. The van der Waals surface area contributed by atoms with Crippen molar-refractivity contribution in [3.05, 3.63) is 114 Å². The van der Waals surface area contributed by atoms with Crippen LogP contribution in [0.3, 0.4) is 0 Å². The summed E-state index contributed by atoms with van der Waals surface area (Å²) in [7, 11) is 0. The van der Waals surface area contributed by atoms with E-state index in [1.807, 2.05) is 110 Å². The fourth-order valence-corrected chi connectivity index (χ4v) is 7.93. The Bertz CT molecular complexity index is 1710. The van der Waals surface area contributed by atoms with E-state index in [1.165, 1.54) is 4.90 Å². The molecule has 4 unspecified atom stereocenters. The number of ketones is 1. The third kappa shape index (κ3) is 2.92. The number of carbonyl (C=O) groups excluding carboxylic acids is 3. The first-order valence-electron chi connectivity index (χ1n) is 13.7. The summed E-state index contributed by atoms with van der Waals surface area (Å²) >= 11 is 0. The maximum absolute atomic E-state index is 14.7. The van der Waals surface area contributed by atoms with Gasteiger partial charge in [0.1, 0.15) is 0 Å². The monoisotopic (exact) mass is 511 g/mol. The molecule has 1 aliphatic heterocycles. The summed E-state index contributed by atoms with van der Waals surface area (Å²) in [4.78, 5) is 44.9. The summed E-state index contributed by atoms with van der Waals surface area (Å²) in [5, 5.41) is 2.01. The maximum atomic E-state index is 14.7. The van der Waals surface area contributed by atoms with Crippen molar-refractivity contribution in [2.45, 2.75) is 26.7 Å². The van der Waals surface area contributed by atoms with Gasteiger partial charge in [-0.2, -0.15) is 0 Å². The van der Waals surface area contributed by atoms with Crippen LogP contribution in [0.5, 0.6) is 0 Å². The van der Waals surface area contributed by atoms with Crippen LogP contribution in [0, 0.1) is 22.7 Å². The van der Waals surface area contributed by atoms with Crippen molar-refractivity contribution in [2.75, 3.05) is 4.90 Å². The first kappa shape index (κ1) is 23.8. The van der Waals surface area contributed by atoms with E-state index in [9.17, 15) is 14.4 Å². The van der Waals surface area contributed by atoms with E-state index in [2.05, 4.69) is 6.92 Å². The lowest BCUT2D eigenvalue weighted by molar-refractivity contribution is -0.134. The molecule has 3 aliphatic rings. The number of allylic oxidation sites excluding steroid dienone is 2. The molecule has 4 aromatic carbocycles. The van der Waals surface area contributed by atoms with Gasteiger partial charge in [-0.15, -0.1) is 0 Å². The van der Waals surface area contributed by atoms with Crippen LogP contribution in [0.25, 0.3) is 21.9 Å². The van der Waals surface area contributed by atoms with E-state index in [4.69, 9.17) is 0 Å². The Morgan fingerprint density at radius 1 is 0.667 bits per heavy atom. The molecule has 1 saturated heterocycles. The van der Waals surface area contributed by atoms with E-state index in [0.29, 0.717) is 12.1 Å². The zero-order chi connectivity index (χ0) is 26.9. The van der Waals surface area contributed by atoms with E-state index in [0.717, 1.165) is 39.5 Å². The van der Waals surface area contributed by atoms with Crippen molar-refractivity contribution in [2.24, 2.45) is 22.7 Å². The Balaban J connectivity index is 1.49. The minimum atomic E-state index is -1.11. The van der Waals surface area contributed by atoms with Gasteiger partial charge in [-0.3, -0.25) is 14.4 Å². The fourth-order valence-electron chi connectivity index (χ4n) is 7.93. The molecule has 4 heteroatoms. The Hall–Kier alpha value is -4.31. The number of fused-ring (bicyclic) bond motifs is 6. The molecule has 4 aromatic rings. The van der Waals surface area contributed by atoms with Crippen molar-refractivity contribution in [1.82, 2.24) is 0 Å². The second-order valence-electron chi connectivity index (χ2n) is 11.2. The minimum Gasteiger partial charge on any atom is -0.298 e. The summed E-state index contributed by atoms with van der Waals surface area (Å²) in [6.45, 7) is 3.97. The zero-order valence-electron chi connectivity index (χ0n) is 22.1. The number of nitrogens with zero attached hydrogens (tertiary/aromatic N) is 1. The molecule has 1 heterocycles. The fraction of sp³-hybridized carbons (Fsp3) is 0.229. The summed E-state index contributed by atoms with van der Waals surface area (Å²) < 4.78 is 0. The highest BCUT2D eigenvalue weighted by molar-refractivity contribution is 6.34. The lowest BCUT2D eigenvalue weighted by Gasteiger charge is -2.37. The van der Waals surface area contributed by atoms with Gasteiger partial charge >= 0.3 is 0 Å². The zero-order valence-corrected chi connectivity index (χ0v) is 22.1. The molecule has 2 bridgehead atoms. The van der Waals surface area contributed by atoms with Crippen LogP contribution >= 0.6 is 0 Å². The second kappa shape index (κ2) is 8.34. The highest BCUT2D eigenvalue weighted by Gasteiger charge is 2.80. The number of Topliss-reactive ketones (excluding diaryl/α,β-unsaturated/α-hetero) is 1. The topological polar surface area (TPSA) is 54.5 Å². The predicted molar refractivity (Wildman–Crippen MR) is 154 cm³/mol. The Morgan fingerprint density at radius 3 is 1.87 bits per heavy atom. The van der Waals surface area contributed by atoms with Crippen LogP contribution < -0.4 is 4.90 Å². The van der Waals surface area contributed by atoms with E-state index in [-0.39, 0.29) is 17.6 Å². The molecule has 7 rings (SSSR count). The molecular formula is C35H29NO3. The number of amides is 2. The lowest BCUT2D eigenvalue weighted by atomic mass is 9.61. The number of carbonyl (C=O) groups is 3. The van der Waals surface area contributed by atoms with Gasteiger partial charge in [0.2, 0.25) is 11.8 Å². The molecule has 2 fully saturated rings. The summed E-state index contributed by atoms with van der Waals surface area (Å²) in [5.41, 5.74) is 2.12. The maximum Gasteiger partial charge on any atom is 0.239 e. The van der Waals surface area contributed by atoms with E-state index >= 15 is 0 Å². The van der Waals surface area contributed by atoms with E-state index < -0.39 is 22.7 Å². The molecule has 0 radical (unpaired) electrons. The average Bonchev–Trinajstić information content (AvgIpc) is 3.43. The third-order valence-electron chi connectivity index (χ3n) is 9.31. The van der Waals surface area contributed by atoms with Crippen molar-refractivity contribution >= 4 is 45.2 Å². The second-order valence-corrected chi connectivity index (χ2v) is 11.2. The molecule has 2 aliphatic carbocycles. The number of anilines is 1. The molecule has 4 nitrogen and oxygen atoms in total. The third-order valence-corrected chi connectivity index (χ3v) is 9.31. The van der Waals surface area contributed by atoms with Gasteiger partial charge in [-0.1, -0.05) is 104 Å². The normalized spacial score (nSPS) is 27.6. The first-order valence-corrected chi connectivity index (χ1v) is 13.7. The van der Waals surface area contributed by atoms with Gasteiger partial charge in [0, 0.05) is 0 Å². The number of hydrogen-bond acceptors (Lipinski definition) is 3. The van der Waals surface area contributed by atoms with Crippen LogP contribution in [-0.2, 0) is 14.4 Å². The molecule has 0 N–H and O–H groups in total. The largest absolute Gasteiger partial charge is 0.298 e. The van der Waals surface area contributed by atoms with Gasteiger partial charge < -0.3 is 0 Å². The molecule has 192 valence electrons. The summed E-state index contributed by atoms with van der Waals surface area (Å²) in [5.74, 6) is -1.97. The molecule has 2 amide bonds. The van der Waals surface area contributed by atoms with Crippen molar-refractivity contribution in [3.8, 4) is 0 Å². The molecular weight excluding hydrogens is 482 g/mol. The number of hydrogen-bond donors (Lipinski definition) is 0. The Kier molecular flexibility index (Phi) is 5.09. The molecule has 0 spiro atoms. The number of benzene rings is 4. The van der Waals surface area contributed by atoms with Crippen molar-refractivity contribution < 1.29 is 14.4 Å². The van der Waals surface area contributed by atoms with Gasteiger partial charge in [0.25, 0.3) is 0 Å². The van der Waals surface area contributed by atoms with Crippen LogP contribution in [0.15, 0.2) is 103 Å². The van der Waals surface area contributed by atoms with Crippen molar-refractivity contribution in [3.63, 3.8) is 0 Å². The van der Waals surface area contributed by atoms with Crippen LogP contribution in [0.1, 0.15) is 37.8 Å². The summed E-state index contributed by atoms with van der Waals surface area (Å²) in [6.07, 6.45) is 1.24. The minimum absolute atomic E-state index is 0.0180. The van der Waals surface area contributed by atoms with Crippen LogP contribution in [0.2, 0.25) is 0 Å². The standard InChI is InChI=1S/C35H29NO3/c1-3-20-35-28(24-15-8-5-9-16-24)27(23-13-6-4-7-14-23)34(2,33(35)39)29-30(35)32(38)36(31(29)37)26-19-18-22-12-10-11-17-25(22)21-26/h4-19,21,29-30H,3,20H2,1-2H3. The first-order chi connectivity index (χ1) is 18.9. The highest BCUT2D eigenvalue weighted by Crippen LogP contribution is 2.75. The summed E-state index contributed by atoms with van der Waals surface area (Å²) in [6, 6.07) is 33.6. The van der Waals surface area contributed by atoms with Crippen molar-refractivity contribution in [1.29, 1.82) is 0 Å². The quantitative estimate of drug-likeness (QED) is 0.273. The Morgan fingerprint density at radius 2 is 1.23 bits per heavy atom. The lowest BCUT2D eigenvalue weighted by Crippen LogP contribution is -2.41. The van der Waals surface area contributed by atoms with Gasteiger partial charge in [0.15, 0.2) is 5.78 Å². The van der Waals surface area contributed by atoms with E-state index in [1.54, 1.807) is 0 Å². The molecule has 4 atom stereocenters. The van der Waals surface area contributed by atoms with Crippen LogP contribution in [-0.4, -0.2) is 17.6 Å². The predicted octanol–water partition coefficient (Wildman–Crippen LogP) is 6.95. The smallest absolute Gasteiger partial charge is 0.239 e. The molecule has 1 saturated carbocycles. The number of rotatable bonds is 5. The Labute approximate surface area is 228 Å². The van der Waals surface area contributed by atoms with Gasteiger partial charge in [0.05, 0.1) is 28.4 Å². The average molecular weight is 512 g/mol. The van der Waals surface area contributed by atoms with Gasteiger partial charge in [-0.05, 0) is 58.5 Å². The highest BCUT2D eigenvalue weighted by atomic mass is 16.2. The number of imide groups is 1. The SMILES string of the molecule is CCCC12C(=O)C(C)(C(c3ccccc3)=C1c1ccccc1)C1C(=O)N(c3ccc4ccccc4c3)C(=O)C12. The van der Waals surface area contributed by atoms with Gasteiger partial charge in [-0.25, -0.2) is 4.90 Å².